The molecule has 158 valence electrons. The maximum Gasteiger partial charge on any atom is 0.268 e. The van der Waals surface area contributed by atoms with E-state index in [9.17, 15) is 13.2 Å². The quantitative estimate of drug-likeness (QED) is 0.641. The summed E-state index contributed by atoms with van der Waals surface area (Å²) in [7, 11) is -3.62. The largest absolute Gasteiger partial charge is 0.486 e. The van der Waals surface area contributed by atoms with Gasteiger partial charge >= 0.3 is 0 Å². The minimum Gasteiger partial charge on any atom is -0.486 e. The van der Waals surface area contributed by atoms with E-state index in [1.165, 1.54) is 21.7 Å². The number of aromatic nitrogens is 2. The van der Waals surface area contributed by atoms with Crippen molar-refractivity contribution >= 4 is 31.6 Å². The number of hydrogen-bond donors (Lipinski definition) is 1. The molecule has 0 spiro atoms. The highest BCUT2D eigenvalue weighted by Crippen LogP contribution is 2.33. The highest BCUT2D eigenvalue weighted by molar-refractivity contribution is 7.89. The van der Waals surface area contributed by atoms with Gasteiger partial charge in [-0.05, 0) is 23.6 Å². The topological polar surface area (TPSA) is 105 Å². The summed E-state index contributed by atoms with van der Waals surface area (Å²) >= 11 is 1.37. The van der Waals surface area contributed by atoms with Gasteiger partial charge in [-0.25, -0.2) is 13.4 Å². The molecule has 4 heterocycles. The fraction of sp³-hybridized carbons (Fsp3) is 0.368. The lowest BCUT2D eigenvalue weighted by Crippen LogP contribution is -2.48. The van der Waals surface area contributed by atoms with E-state index >= 15 is 0 Å². The number of thiophene rings is 1. The standard InChI is InChI=1S/C19H20N4O5S2/c24-19-18-14(3-10-29-18)20-17(21-19)12-22-4-6-23(7-5-22)30(25,26)13-1-2-15-16(11-13)28-9-8-27-15/h1-3,10-11H,4-9,12H2,(H,20,21,24). The highest BCUT2D eigenvalue weighted by Gasteiger charge is 2.30. The van der Waals surface area contributed by atoms with E-state index in [4.69, 9.17) is 9.47 Å². The van der Waals surface area contributed by atoms with Gasteiger partial charge in [-0.2, -0.15) is 4.31 Å². The molecule has 0 atom stereocenters. The molecule has 1 saturated heterocycles. The van der Waals surface area contributed by atoms with Crippen LogP contribution in [0.3, 0.4) is 0 Å². The van der Waals surface area contributed by atoms with Crippen LogP contribution in [-0.4, -0.2) is 67.0 Å². The van der Waals surface area contributed by atoms with Gasteiger partial charge in [-0.3, -0.25) is 9.69 Å². The van der Waals surface area contributed by atoms with E-state index in [0.717, 1.165) is 0 Å². The fourth-order valence-corrected chi connectivity index (χ4v) is 5.83. The van der Waals surface area contributed by atoms with Crippen LogP contribution in [0.2, 0.25) is 0 Å². The molecule has 1 aromatic carbocycles. The number of piperazine rings is 1. The van der Waals surface area contributed by atoms with Gasteiger partial charge in [0.05, 0.1) is 17.0 Å². The number of ether oxygens (including phenoxy) is 2. The molecule has 11 heteroatoms. The predicted molar refractivity (Wildman–Crippen MR) is 112 cm³/mol. The molecule has 1 N–H and O–H groups in total. The Morgan fingerprint density at radius 3 is 2.63 bits per heavy atom. The first kappa shape index (κ1) is 19.5. The maximum absolute atomic E-state index is 13.1. The number of sulfonamides is 1. The van der Waals surface area contributed by atoms with Crippen LogP contribution >= 0.6 is 11.3 Å². The van der Waals surface area contributed by atoms with Crippen molar-refractivity contribution in [3.8, 4) is 11.5 Å². The van der Waals surface area contributed by atoms with E-state index in [1.807, 2.05) is 11.4 Å². The van der Waals surface area contributed by atoms with Gasteiger partial charge in [0, 0.05) is 32.2 Å². The van der Waals surface area contributed by atoms with Crippen LogP contribution in [0.25, 0.3) is 10.2 Å². The molecule has 30 heavy (non-hydrogen) atoms. The third kappa shape index (κ3) is 3.58. The lowest BCUT2D eigenvalue weighted by Gasteiger charge is -2.33. The van der Waals surface area contributed by atoms with Crippen molar-refractivity contribution in [2.45, 2.75) is 11.4 Å². The number of aromatic amines is 1. The average Bonchev–Trinajstić information content (AvgIpc) is 3.23. The number of H-pyrrole nitrogens is 1. The van der Waals surface area contributed by atoms with Gasteiger partial charge < -0.3 is 14.5 Å². The summed E-state index contributed by atoms with van der Waals surface area (Å²) in [5, 5.41) is 1.85. The summed E-state index contributed by atoms with van der Waals surface area (Å²) in [6, 6.07) is 6.55. The molecule has 0 amide bonds. The van der Waals surface area contributed by atoms with Gasteiger partial charge in [0.15, 0.2) is 11.5 Å². The predicted octanol–water partition coefficient (Wildman–Crippen LogP) is 1.26. The van der Waals surface area contributed by atoms with Gasteiger partial charge in [0.1, 0.15) is 23.7 Å². The molecule has 5 rings (SSSR count). The van der Waals surface area contributed by atoms with Gasteiger partial charge in [-0.15, -0.1) is 11.3 Å². The van der Waals surface area contributed by atoms with Crippen LogP contribution < -0.4 is 15.0 Å². The molecule has 9 nitrogen and oxygen atoms in total. The second kappa shape index (κ2) is 7.65. The smallest absolute Gasteiger partial charge is 0.268 e. The minimum absolute atomic E-state index is 0.134. The summed E-state index contributed by atoms with van der Waals surface area (Å²) in [6.07, 6.45) is 0. The Morgan fingerprint density at radius 1 is 1.07 bits per heavy atom. The van der Waals surface area contributed by atoms with Crippen molar-refractivity contribution in [3.63, 3.8) is 0 Å². The normalized spacial score (nSPS) is 18.0. The summed E-state index contributed by atoms with van der Waals surface area (Å²) in [5.41, 5.74) is 0.559. The Kier molecular flexibility index (Phi) is 4.97. The van der Waals surface area contributed by atoms with Gasteiger partial charge in [-0.1, -0.05) is 0 Å². The van der Waals surface area contributed by atoms with E-state index in [2.05, 4.69) is 14.9 Å². The summed E-state index contributed by atoms with van der Waals surface area (Å²) in [5.74, 6) is 1.61. The van der Waals surface area contributed by atoms with Gasteiger partial charge in [0.25, 0.3) is 5.56 Å². The van der Waals surface area contributed by atoms with Crippen LogP contribution in [0, 0.1) is 0 Å². The molecule has 2 aliphatic rings. The third-order valence-electron chi connectivity index (χ3n) is 5.22. The van der Waals surface area contributed by atoms with E-state index < -0.39 is 10.0 Å². The first-order valence-corrected chi connectivity index (χ1v) is 11.9. The van der Waals surface area contributed by atoms with Crippen molar-refractivity contribution in [2.24, 2.45) is 0 Å². The molecule has 0 radical (unpaired) electrons. The molecule has 0 aliphatic carbocycles. The first-order valence-electron chi connectivity index (χ1n) is 9.59. The Morgan fingerprint density at radius 2 is 1.83 bits per heavy atom. The third-order valence-corrected chi connectivity index (χ3v) is 8.02. The summed E-state index contributed by atoms with van der Waals surface area (Å²) in [4.78, 5) is 21.8. The van der Waals surface area contributed by atoms with Crippen molar-refractivity contribution in [1.82, 2.24) is 19.2 Å². The second-order valence-corrected chi connectivity index (χ2v) is 9.99. The van der Waals surface area contributed by atoms with Crippen molar-refractivity contribution in [3.05, 3.63) is 45.8 Å². The first-order chi connectivity index (χ1) is 14.5. The highest BCUT2D eigenvalue weighted by atomic mass is 32.2. The van der Waals surface area contributed by atoms with Crippen molar-refractivity contribution in [2.75, 3.05) is 39.4 Å². The number of rotatable bonds is 4. The van der Waals surface area contributed by atoms with Crippen LogP contribution in [-0.2, 0) is 16.6 Å². The fourth-order valence-electron chi connectivity index (χ4n) is 3.67. The number of hydrogen-bond acceptors (Lipinski definition) is 8. The zero-order chi connectivity index (χ0) is 20.7. The average molecular weight is 449 g/mol. The summed E-state index contributed by atoms with van der Waals surface area (Å²) in [6.45, 7) is 3.16. The van der Waals surface area contributed by atoms with Crippen LogP contribution in [0.4, 0.5) is 0 Å². The number of nitrogens with one attached hydrogen (secondary N) is 1. The lowest BCUT2D eigenvalue weighted by atomic mass is 10.3. The Labute approximate surface area is 176 Å². The molecule has 2 aromatic heterocycles. The molecule has 2 aliphatic heterocycles. The second-order valence-electron chi connectivity index (χ2n) is 7.13. The molecule has 0 unspecified atom stereocenters. The lowest BCUT2D eigenvalue weighted by molar-refractivity contribution is 0.170. The van der Waals surface area contributed by atoms with E-state index in [1.54, 1.807) is 12.1 Å². The zero-order valence-corrected chi connectivity index (χ0v) is 17.7. The number of nitrogens with zero attached hydrogens (tertiary/aromatic N) is 3. The molecular weight excluding hydrogens is 428 g/mol. The van der Waals surface area contributed by atoms with Crippen LogP contribution in [0.5, 0.6) is 11.5 Å². The molecule has 0 bridgehead atoms. The molecular formula is C19H20N4O5S2. The van der Waals surface area contributed by atoms with Crippen molar-refractivity contribution < 1.29 is 17.9 Å². The Balaban J connectivity index is 1.27. The Hall–Kier alpha value is -2.47. The van der Waals surface area contributed by atoms with E-state index in [-0.39, 0.29) is 10.5 Å². The van der Waals surface area contributed by atoms with Gasteiger partial charge in [0.2, 0.25) is 10.0 Å². The molecule has 1 fully saturated rings. The molecule has 0 saturated carbocycles. The number of fused-ring (bicyclic) bond motifs is 2. The van der Waals surface area contributed by atoms with Crippen LogP contribution in [0.15, 0.2) is 39.3 Å². The monoisotopic (exact) mass is 448 g/mol. The zero-order valence-electron chi connectivity index (χ0n) is 16.0. The maximum atomic E-state index is 13.1. The number of benzene rings is 1. The Bertz CT molecular complexity index is 1250. The summed E-state index contributed by atoms with van der Waals surface area (Å²) < 4.78 is 39.2. The SMILES string of the molecule is O=c1[nH]c(CN2CCN(S(=O)(=O)c3ccc4c(c3)OCCO4)CC2)nc2ccsc12. The molecule has 3 aromatic rings. The van der Waals surface area contributed by atoms with Crippen LogP contribution in [0.1, 0.15) is 5.82 Å². The van der Waals surface area contributed by atoms with Crippen molar-refractivity contribution in [1.29, 1.82) is 0 Å². The minimum atomic E-state index is -3.62. The van der Waals surface area contributed by atoms with E-state index in [0.29, 0.717) is 73.5 Å².